The number of nitrogens with zero attached hydrogens (tertiary/aromatic N) is 3. The first kappa shape index (κ1) is 8.33. The number of azide groups is 1. The maximum atomic E-state index is 8.72. The molecule has 0 amide bonds. The summed E-state index contributed by atoms with van der Waals surface area (Å²) < 4.78 is 5.21. The Kier molecular flexibility index (Phi) is 3.16. The molecule has 0 aromatic rings. The first-order valence-corrected chi connectivity index (χ1v) is 3.67. The van der Waals surface area contributed by atoms with Gasteiger partial charge in [-0.05, 0) is 24.8 Å². The van der Waals surface area contributed by atoms with E-state index in [1.165, 1.54) is 0 Å². The van der Waals surface area contributed by atoms with E-state index in [2.05, 4.69) is 10.0 Å². The topological polar surface area (TPSA) is 78.2 Å². The van der Waals surface area contributed by atoms with Crippen LogP contribution in [0.4, 0.5) is 0 Å². The van der Waals surface area contributed by atoms with Gasteiger partial charge >= 0.3 is 0 Å². The number of rotatable bonds is 2. The van der Waals surface area contributed by atoms with Crippen LogP contribution in [0.3, 0.4) is 0 Å². The highest BCUT2D eigenvalue weighted by atomic mass is 16.5. The zero-order valence-corrected chi connectivity index (χ0v) is 6.18. The molecule has 0 aromatic heterocycles. The summed E-state index contributed by atoms with van der Waals surface area (Å²) in [4.78, 5) is 2.65. The molecule has 0 bridgehead atoms. The summed E-state index contributed by atoms with van der Waals surface area (Å²) in [6.07, 6.45) is 2.06. The van der Waals surface area contributed by atoms with Gasteiger partial charge in [-0.25, -0.2) is 0 Å². The molecule has 5 heteroatoms. The summed E-state index contributed by atoms with van der Waals surface area (Å²) in [6.45, 7) is 0.0114. The molecule has 0 aromatic carbocycles. The molecule has 0 radical (unpaired) electrons. The van der Waals surface area contributed by atoms with Crippen LogP contribution in [-0.2, 0) is 4.74 Å². The van der Waals surface area contributed by atoms with E-state index in [0.717, 1.165) is 19.3 Å². The van der Waals surface area contributed by atoms with Gasteiger partial charge in [-0.2, -0.15) is 0 Å². The molecule has 1 heterocycles. The molecule has 0 spiro atoms. The van der Waals surface area contributed by atoms with E-state index in [9.17, 15) is 0 Å². The van der Waals surface area contributed by atoms with E-state index >= 15 is 0 Å². The van der Waals surface area contributed by atoms with Gasteiger partial charge in [-0.3, -0.25) is 0 Å². The van der Waals surface area contributed by atoms with Crippen molar-refractivity contribution in [1.82, 2.24) is 0 Å². The lowest BCUT2D eigenvalue weighted by Crippen LogP contribution is -2.28. The molecule has 5 nitrogen and oxygen atoms in total. The van der Waals surface area contributed by atoms with Crippen LogP contribution in [0.5, 0.6) is 0 Å². The molecule has 1 rings (SSSR count). The third-order valence-electron chi connectivity index (χ3n) is 1.71. The average Bonchev–Trinajstić information content (AvgIpc) is 2.06. The molecular weight excluding hydrogens is 146 g/mol. The Bertz CT molecular complexity index is 167. The van der Waals surface area contributed by atoms with Gasteiger partial charge in [0.05, 0.1) is 12.7 Å². The fourth-order valence-electron chi connectivity index (χ4n) is 1.16. The van der Waals surface area contributed by atoms with Crippen LogP contribution in [-0.4, -0.2) is 24.0 Å². The monoisotopic (exact) mass is 157 g/mol. The fourth-order valence-corrected chi connectivity index (χ4v) is 1.16. The molecule has 1 aliphatic rings. The maximum Gasteiger partial charge on any atom is 0.137 e. The normalized spacial score (nSPS) is 31.0. The van der Waals surface area contributed by atoms with Crippen molar-refractivity contribution < 1.29 is 9.84 Å². The summed E-state index contributed by atoms with van der Waals surface area (Å²) in [5.41, 5.74) is 8.09. The highest BCUT2D eigenvalue weighted by Crippen LogP contribution is 2.19. The van der Waals surface area contributed by atoms with Gasteiger partial charge in [-0.1, -0.05) is 5.11 Å². The van der Waals surface area contributed by atoms with Crippen LogP contribution in [0.2, 0.25) is 0 Å². The standard InChI is InChI=1S/C6H11N3O2/c7-9-8-6-3-1-2-5(4-10)11-6/h5-6,10H,1-4H2/t5-,6-/m1/s1. The summed E-state index contributed by atoms with van der Waals surface area (Å²) >= 11 is 0. The lowest BCUT2D eigenvalue weighted by atomic mass is 10.1. The first-order valence-electron chi connectivity index (χ1n) is 3.67. The smallest absolute Gasteiger partial charge is 0.137 e. The number of hydrogen-bond acceptors (Lipinski definition) is 3. The maximum absolute atomic E-state index is 8.72. The highest BCUT2D eigenvalue weighted by molar-refractivity contribution is 4.68. The molecule has 0 aliphatic carbocycles. The van der Waals surface area contributed by atoms with Crippen LogP contribution in [0.25, 0.3) is 10.4 Å². The average molecular weight is 157 g/mol. The van der Waals surface area contributed by atoms with Crippen molar-refractivity contribution in [2.75, 3.05) is 6.61 Å². The summed E-state index contributed by atoms with van der Waals surface area (Å²) in [7, 11) is 0. The third kappa shape index (κ3) is 2.38. The van der Waals surface area contributed by atoms with Gasteiger partial charge in [-0.15, -0.1) is 0 Å². The van der Waals surface area contributed by atoms with Crippen molar-refractivity contribution in [2.24, 2.45) is 5.11 Å². The van der Waals surface area contributed by atoms with Gasteiger partial charge in [0.25, 0.3) is 0 Å². The predicted octanol–water partition coefficient (Wildman–Crippen LogP) is 1.18. The van der Waals surface area contributed by atoms with Crippen LogP contribution in [0, 0.1) is 0 Å². The minimum Gasteiger partial charge on any atom is -0.394 e. The summed E-state index contributed by atoms with van der Waals surface area (Å²) in [5.74, 6) is 0. The zero-order chi connectivity index (χ0) is 8.10. The molecule has 0 saturated carbocycles. The molecule has 1 fully saturated rings. The Labute approximate surface area is 64.6 Å². The number of aliphatic hydroxyl groups excluding tert-OH is 1. The van der Waals surface area contributed by atoms with Crippen molar-refractivity contribution in [1.29, 1.82) is 0 Å². The molecule has 0 unspecified atom stereocenters. The minimum atomic E-state index is -0.370. The molecule has 11 heavy (non-hydrogen) atoms. The lowest BCUT2D eigenvalue weighted by molar-refractivity contribution is -0.0683. The van der Waals surface area contributed by atoms with E-state index in [1.807, 2.05) is 0 Å². The first-order chi connectivity index (χ1) is 5.36. The Morgan fingerprint density at radius 1 is 1.64 bits per heavy atom. The van der Waals surface area contributed by atoms with Gasteiger partial charge in [0.1, 0.15) is 6.23 Å². The van der Waals surface area contributed by atoms with Crippen LogP contribution in [0.1, 0.15) is 19.3 Å². The van der Waals surface area contributed by atoms with Crippen LogP contribution < -0.4 is 0 Å². The van der Waals surface area contributed by atoms with Gasteiger partial charge in [0.15, 0.2) is 0 Å². The molecule has 1 N–H and O–H groups in total. The van der Waals surface area contributed by atoms with Gasteiger partial charge in [0.2, 0.25) is 0 Å². The van der Waals surface area contributed by atoms with E-state index in [4.69, 9.17) is 15.4 Å². The Morgan fingerprint density at radius 3 is 3.09 bits per heavy atom. The Balaban J connectivity index is 2.38. The second kappa shape index (κ2) is 4.18. The fraction of sp³-hybridized carbons (Fsp3) is 1.00. The molecular formula is C6H11N3O2. The SMILES string of the molecule is [N-]=[N+]=N[C@H]1CCC[C@H](CO)O1. The van der Waals surface area contributed by atoms with Crippen molar-refractivity contribution in [3.05, 3.63) is 10.4 Å². The van der Waals surface area contributed by atoms with Crippen molar-refractivity contribution in [3.63, 3.8) is 0 Å². The lowest BCUT2D eigenvalue weighted by Gasteiger charge is -2.25. The Hall–Kier alpha value is -0.770. The highest BCUT2D eigenvalue weighted by Gasteiger charge is 2.19. The van der Waals surface area contributed by atoms with E-state index in [1.54, 1.807) is 0 Å². The van der Waals surface area contributed by atoms with E-state index in [-0.39, 0.29) is 18.9 Å². The largest absolute Gasteiger partial charge is 0.394 e. The summed E-state index contributed by atoms with van der Waals surface area (Å²) in [6, 6.07) is 0. The van der Waals surface area contributed by atoms with Crippen LogP contribution >= 0.6 is 0 Å². The van der Waals surface area contributed by atoms with Crippen LogP contribution in [0.15, 0.2) is 5.11 Å². The number of ether oxygens (including phenoxy) is 1. The second-order valence-electron chi connectivity index (χ2n) is 2.53. The van der Waals surface area contributed by atoms with Gasteiger partial charge < -0.3 is 9.84 Å². The van der Waals surface area contributed by atoms with Crippen molar-refractivity contribution in [2.45, 2.75) is 31.6 Å². The van der Waals surface area contributed by atoms with E-state index in [0.29, 0.717) is 0 Å². The Morgan fingerprint density at radius 2 is 2.45 bits per heavy atom. The number of hydrogen-bond donors (Lipinski definition) is 1. The van der Waals surface area contributed by atoms with Crippen molar-refractivity contribution >= 4 is 0 Å². The molecule has 2 atom stereocenters. The van der Waals surface area contributed by atoms with Gasteiger partial charge in [0, 0.05) is 4.91 Å². The van der Waals surface area contributed by atoms with E-state index < -0.39 is 0 Å². The third-order valence-corrected chi connectivity index (χ3v) is 1.71. The summed E-state index contributed by atoms with van der Waals surface area (Å²) in [5, 5.41) is 12.1. The second-order valence-corrected chi connectivity index (χ2v) is 2.53. The molecule has 62 valence electrons. The van der Waals surface area contributed by atoms with Crippen molar-refractivity contribution in [3.8, 4) is 0 Å². The quantitative estimate of drug-likeness (QED) is 0.371. The zero-order valence-electron chi connectivity index (χ0n) is 6.18. The minimum absolute atomic E-state index is 0.0114. The molecule has 1 aliphatic heterocycles. The predicted molar refractivity (Wildman–Crippen MR) is 38.7 cm³/mol. The number of aliphatic hydroxyl groups is 1. The molecule has 1 saturated heterocycles.